The summed E-state index contributed by atoms with van der Waals surface area (Å²) in [5.41, 5.74) is 6.93. The van der Waals surface area contributed by atoms with E-state index >= 15 is 0 Å². The van der Waals surface area contributed by atoms with E-state index in [1.165, 1.54) is 22.3 Å². The van der Waals surface area contributed by atoms with Crippen LogP contribution in [0.25, 0.3) is 24.3 Å². The van der Waals surface area contributed by atoms with Crippen molar-refractivity contribution in [1.82, 2.24) is 0 Å². The average molecular weight is 649 g/mol. The zero-order valence-electron chi connectivity index (χ0n) is 33.9. The molecule has 48 heavy (non-hydrogen) atoms. The molecule has 0 nitrogen and oxygen atoms in total. The predicted molar refractivity (Wildman–Crippen MR) is 224 cm³/mol. The zero-order valence-corrected chi connectivity index (χ0v) is 33.9. The van der Waals surface area contributed by atoms with Crippen molar-refractivity contribution in [3.63, 3.8) is 0 Å². The molecule has 0 amide bonds. The van der Waals surface area contributed by atoms with E-state index in [1.54, 1.807) is 0 Å². The maximum Gasteiger partial charge on any atom is -0.0256 e. The van der Waals surface area contributed by atoms with Crippen LogP contribution in [0.3, 0.4) is 0 Å². The van der Waals surface area contributed by atoms with Crippen molar-refractivity contribution >= 4 is 24.3 Å². The van der Waals surface area contributed by atoms with Gasteiger partial charge in [-0.3, -0.25) is 0 Å². The number of hydrogen-bond donors (Lipinski definition) is 0. The molecule has 0 aliphatic heterocycles. The molecule has 0 aliphatic carbocycles. The lowest BCUT2D eigenvalue weighted by Gasteiger charge is -2.05. The first-order valence-electron chi connectivity index (χ1n) is 17.5. The summed E-state index contributed by atoms with van der Waals surface area (Å²) in [7, 11) is 0. The normalized spacial score (nSPS) is 11.2. The number of rotatable bonds is 4. The van der Waals surface area contributed by atoms with Crippen LogP contribution in [0.4, 0.5) is 0 Å². The summed E-state index contributed by atoms with van der Waals surface area (Å²) in [5, 5.41) is 0. The Hall–Kier alpha value is -3.64. The molecular weight excluding hydrogens is 577 g/mol. The Bertz CT molecular complexity index is 1070. The summed E-state index contributed by atoms with van der Waals surface area (Å²) in [6.07, 6.45) is 8.48. The third-order valence-electron chi connectivity index (χ3n) is 4.13. The van der Waals surface area contributed by atoms with Crippen molar-refractivity contribution in [1.29, 1.82) is 0 Å². The van der Waals surface area contributed by atoms with Crippen LogP contribution >= 0.6 is 0 Å². The number of benzene rings is 4. The Labute approximate surface area is 299 Å². The van der Waals surface area contributed by atoms with Gasteiger partial charge in [-0.2, -0.15) is 0 Å². The van der Waals surface area contributed by atoms with E-state index < -0.39 is 0 Å². The molecule has 0 bridgehead atoms. The molecule has 4 rings (SSSR count). The van der Waals surface area contributed by atoms with Gasteiger partial charge in [0, 0.05) is 0 Å². The van der Waals surface area contributed by atoms with E-state index in [4.69, 9.17) is 0 Å². The van der Waals surface area contributed by atoms with Gasteiger partial charge in [0.1, 0.15) is 0 Å². The maximum absolute atomic E-state index is 2.19. The lowest BCUT2D eigenvalue weighted by molar-refractivity contribution is 0.469. The second-order valence-electron chi connectivity index (χ2n) is 18.3. The summed E-state index contributed by atoms with van der Waals surface area (Å²) < 4.78 is 0. The average Bonchev–Trinajstić information content (AvgIpc) is 2.94. The first kappa shape index (κ1) is 46.5. The third-order valence-corrected chi connectivity index (χ3v) is 4.13. The van der Waals surface area contributed by atoms with Gasteiger partial charge in [0.05, 0.1) is 0 Å². The highest BCUT2D eigenvalue weighted by Gasteiger charge is 1.97. The quantitative estimate of drug-likeness (QED) is 0.193. The predicted octanol–water partition coefficient (Wildman–Crippen LogP) is 15.9. The van der Waals surface area contributed by atoms with Crippen molar-refractivity contribution < 1.29 is 0 Å². The molecule has 0 aliphatic rings. The lowest BCUT2D eigenvalue weighted by Crippen LogP contribution is -1.93. The van der Waals surface area contributed by atoms with Crippen LogP contribution < -0.4 is 0 Å². The highest BCUT2D eigenvalue weighted by atomic mass is 14.0. The van der Waals surface area contributed by atoms with Crippen LogP contribution in [0.1, 0.15) is 133 Å². The van der Waals surface area contributed by atoms with Crippen LogP contribution in [0.15, 0.2) is 121 Å². The summed E-state index contributed by atoms with van der Waals surface area (Å²) in [6.45, 7) is 35.0. The molecular formula is C48H72. The molecule has 0 heterocycles. The Kier molecular flexibility index (Phi) is 23.7. The second kappa shape index (κ2) is 24.5. The SMILES string of the molecule is C(=C/c1ccccc1)/c1ccccc1.C(=C\c1ccccc1)/c1ccccc1.CC(C)(C)C.CC(C)(C)C.CC(C)(C)C.CC(C)(C)C. The van der Waals surface area contributed by atoms with Gasteiger partial charge in [0.25, 0.3) is 0 Å². The molecule has 0 radical (unpaired) electrons. The molecule has 0 fully saturated rings. The Balaban J connectivity index is 0. The fraction of sp³-hybridized carbons (Fsp3) is 0.417. The van der Waals surface area contributed by atoms with Crippen molar-refractivity contribution in [2.45, 2.75) is 111 Å². The highest BCUT2D eigenvalue weighted by Crippen LogP contribution is 2.10. The molecule has 0 unspecified atom stereocenters. The van der Waals surface area contributed by atoms with E-state index in [-0.39, 0.29) is 0 Å². The van der Waals surface area contributed by atoms with E-state index in [2.05, 4.69) is 184 Å². The van der Waals surface area contributed by atoms with Crippen molar-refractivity contribution in [2.24, 2.45) is 21.7 Å². The smallest absolute Gasteiger partial charge is 0.0256 e. The third kappa shape index (κ3) is 49.2. The summed E-state index contributed by atoms with van der Waals surface area (Å²) in [5.74, 6) is 0. The molecule has 0 aromatic heterocycles. The minimum atomic E-state index is 0.500. The standard InChI is InChI=1S/2C14H12.4C5H12/c2*1-3-7-13(8-4-1)11-12-14-9-5-2-6-10-14;4*1-5(2,3)4/h2*1-12H;4*1-4H3/b12-11+;12-11-;;;;. The molecule has 4 aromatic rings. The summed E-state index contributed by atoms with van der Waals surface area (Å²) >= 11 is 0. The molecule has 4 aromatic carbocycles. The lowest BCUT2D eigenvalue weighted by atomic mass is 10.0. The van der Waals surface area contributed by atoms with Crippen LogP contribution in [0.5, 0.6) is 0 Å². The molecule has 264 valence electrons. The molecule has 0 saturated heterocycles. The van der Waals surface area contributed by atoms with Crippen molar-refractivity contribution in [3.8, 4) is 0 Å². The highest BCUT2D eigenvalue weighted by molar-refractivity contribution is 5.70. The second-order valence-corrected chi connectivity index (χ2v) is 18.3. The first-order chi connectivity index (χ1) is 21.9. The number of hydrogen-bond acceptors (Lipinski definition) is 0. The van der Waals surface area contributed by atoms with Gasteiger partial charge in [-0.05, 0) is 43.9 Å². The van der Waals surface area contributed by atoms with Gasteiger partial charge in [-0.25, -0.2) is 0 Å². The van der Waals surface area contributed by atoms with Crippen molar-refractivity contribution in [3.05, 3.63) is 144 Å². The molecule has 0 spiro atoms. The van der Waals surface area contributed by atoms with Gasteiger partial charge >= 0.3 is 0 Å². The maximum atomic E-state index is 2.19. The van der Waals surface area contributed by atoms with E-state index in [0.717, 1.165) is 0 Å². The first-order valence-corrected chi connectivity index (χ1v) is 17.5. The Morgan fingerprint density at radius 2 is 0.333 bits per heavy atom. The molecule has 0 saturated carbocycles. The monoisotopic (exact) mass is 649 g/mol. The topological polar surface area (TPSA) is 0 Å². The van der Waals surface area contributed by atoms with Crippen LogP contribution in [0, 0.1) is 21.7 Å². The van der Waals surface area contributed by atoms with Gasteiger partial charge in [-0.1, -0.05) is 256 Å². The van der Waals surface area contributed by atoms with E-state index in [9.17, 15) is 0 Å². The van der Waals surface area contributed by atoms with Gasteiger partial charge in [0.15, 0.2) is 0 Å². The molecule has 0 N–H and O–H groups in total. The Morgan fingerprint density at radius 1 is 0.229 bits per heavy atom. The fourth-order valence-electron chi connectivity index (χ4n) is 2.64. The summed E-state index contributed by atoms with van der Waals surface area (Å²) in [6, 6.07) is 41.3. The van der Waals surface area contributed by atoms with E-state index in [1.807, 2.05) is 72.8 Å². The fourth-order valence-corrected chi connectivity index (χ4v) is 2.64. The minimum absolute atomic E-state index is 0.500. The van der Waals surface area contributed by atoms with Gasteiger partial charge in [-0.15, -0.1) is 0 Å². The van der Waals surface area contributed by atoms with Crippen LogP contribution in [-0.4, -0.2) is 0 Å². The zero-order chi connectivity index (χ0) is 37.3. The Morgan fingerprint density at radius 3 is 0.438 bits per heavy atom. The molecule has 0 atom stereocenters. The minimum Gasteiger partial charge on any atom is -0.0622 e. The van der Waals surface area contributed by atoms with Crippen LogP contribution in [-0.2, 0) is 0 Å². The van der Waals surface area contributed by atoms with Gasteiger partial charge < -0.3 is 0 Å². The molecule has 0 heteroatoms. The summed E-state index contributed by atoms with van der Waals surface area (Å²) in [4.78, 5) is 0. The van der Waals surface area contributed by atoms with Crippen LogP contribution in [0.2, 0.25) is 0 Å². The largest absolute Gasteiger partial charge is 0.0622 e. The van der Waals surface area contributed by atoms with E-state index in [0.29, 0.717) is 21.7 Å². The van der Waals surface area contributed by atoms with Gasteiger partial charge in [0.2, 0.25) is 0 Å². The van der Waals surface area contributed by atoms with Crippen molar-refractivity contribution in [2.75, 3.05) is 0 Å².